The summed E-state index contributed by atoms with van der Waals surface area (Å²) in [4.78, 5) is -0.729. The summed E-state index contributed by atoms with van der Waals surface area (Å²) in [7, 11) is -1.74. The second kappa shape index (κ2) is 5.28. The summed E-state index contributed by atoms with van der Waals surface area (Å²) in [6.45, 7) is 0. The second-order valence-electron chi connectivity index (χ2n) is 3.98. The van der Waals surface area contributed by atoms with Crippen molar-refractivity contribution in [2.75, 3.05) is 4.72 Å². The molecule has 2 aromatic rings. The van der Waals surface area contributed by atoms with Crippen molar-refractivity contribution in [3.8, 4) is 0 Å². The van der Waals surface area contributed by atoms with E-state index in [0.717, 1.165) is 22.9 Å². The molecule has 0 saturated carbocycles. The highest BCUT2D eigenvalue weighted by molar-refractivity contribution is 8.13. The summed E-state index contributed by atoms with van der Waals surface area (Å²) in [6, 6.07) is 3.95. The molecule has 1 N–H and O–H groups in total. The topological polar surface area (TPSA) is 98.1 Å². The van der Waals surface area contributed by atoms with Crippen molar-refractivity contribution in [3.05, 3.63) is 36.3 Å². The molecule has 0 bridgehead atoms. The highest BCUT2D eigenvalue weighted by Gasteiger charge is 2.20. The van der Waals surface area contributed by atoms with Crippen molar-refractivity contribution in [2.45, 2.75) is 9.92 Å². The van der Waals surface area contributed by atoms with Gasteiger partial charge >= 0.3 is 0 Å². The van der Waals surface area contributed by atoms with E-state index in [9.17, 15) is 21.2 Å². The Hall–Kier alpha value is -1.65. The van der Waals surface area contributed by atoms with Gasteiger partial charge in [0.1, 0.15) is 10.7 Å². The van der Waals surface area contributed by atoms with Crippen LogP contribution in [-0.2, 0) is 26.1 Å². The maximum absolute atomic E-state index is 13.6. The fourth-order valence-electron chi connectivity index (χ4n) is 1.59. The standard InChI is InChI=1S/C10H9ClFN3O4S2/c1-15-10(4-5-13-15)21(18,19)14-7-2-3-9(8(12)6-7)20(11,16)17/h2-6,14H,1H3. The number of aromatic nitrogens is 2. The molecule has 0 aliphatic carbocycles. The van der Waals surface area contributed by atoms with Crippen LogP contribution in [0.3, 0.4) is 0 Å². The van der Waals surface area contributed by atoms with Gasteiger partial charge in [-0.3, -0.25) is 9.40 Å². The molecule has 0 atom stereocenters. The molecule has 0 saturated heterocycles. The molecule has 0 unspecified atom stereocenters. The molecule has 1 aromatic carbocycles. The number of halogens is 2. The Morgan fingerprint density at radius 1 is 1.24 bits per heavy atom. The van der Waals surface area contributed by atoms with Crippen LogP contribution in [-0.4, -0.2) is 26.6 Å². The first-order chi connectivity index (χ1) is 9.61. The van der Waals surface area contributed by atoms with E-state index in [1.807, 2.05) is 0 Å². The summed E-state index contributed by atoms with van der Waals surface area (Å²) in [5, 5.41) is 3.59. The van der Waals surface area contributed by atoms with Gasteiger partial charge in [-0.05, 0) is 24.3 Å². The summed E-state index contributed by atoms with van der Waals surface area (Å²) < 4.78 is 63.1. The van der Waals surface area contributed by atoms with Crippen molar-refractivity contribution in [2.24, 2.45) is 7.05 Å². The zero-order valence-corrected chi connectivity index (χ0v) is 12.9. The van der Waals surface area contributed by atoms with Crippen LogP contribution in [0.5, 0.6) is 0 Å². The van der Waals surface area contributed by atoms with Crippen LogP contribution in [0, 0.1) is 5.82 Å². The Morgan fingerprint density at radius 2 is 1.90 bits per heavy atom. The Bertz CT molecular complexity index is 893. The molecule has 0 amide bonds. The first-order valence-electron chi connectivity index (χ1n) is 5.36. The first-order valence-corrected chi connectivity index (χ1v) is 9.15. The fraction of sp³-hybridized carbons (Fsp3) is 0.100. The molecule has 2 rings (SSSR count). The smallest absolute Gasteiger partial charge is 0.278 e. The molecule has 1 aromatic heterocycles. The van der Waals surface area contributed by atoms with Gasteiger partial charge < -0.3 is 0 Å². The van der Waals surface area contributed by atoms with Crippen molar-refractivity contribution < 1.29 is 21.2 Å². The van der Waals surface area contributed by atoms with E-state index in [2.05, 4.69) is 9.82 Å². The first kappa shape index (κ1) is 15.7. The number of rotatable bonds is 4. The third-order valence-corrected chi connectivity index (χ3v) is 5.31. The van der Waals surface area contributed by atoms with Crippen LogP contribution in [0.25, 0.3) is 0 Å². The number of aryl methyl sites for hydroxylation is 1. The van der Waals surface area contributed by atoms with Gasteiger partial charge in [0.2, 0.25) is 0 Å². The van der Waals surface area contributed by atoms with E-state index in [-0.39, 0.29) is 10.7 Å². The Morgan fingerprint density at radius 3 is 2.38 bits per heavy atom. The summed E-state index contributed by atoms with van der Waals surface area (Å²) in [6.07, 6.45) is 1.29. The van der Waals surface area contributed by atoms with Crippen LogP contribution < -0.4 is 4.72 Å². The summed E-state index contributed by atoms with van der Waals surface area (Å²) in [5.74, 6) is -1.16. The molecular weight excluding hydrogens is 345 g/mol. The van der Waals surface area contributed by atoms with Crippen molar-refractivity contribution >= 4 is 35.4 Å². The lowest BCUT2D eigenvalue weighted by atomic mass is 10.3. The van der Waals surface area contributed by atoms with Gasteiger partial charge in [0.15, 0.2) is 5.03 Å². The predicted molar refractivity (Wildman–Crippen MR) is 73.5 cm³/mol. The van der Waals surface area contributed by atoms with Gasteiger partial charge in [-0.15, -0.1) is 0 Å². The largest absolute Gasteiger partial charge is 0.279 e. The minimum Gasteiger partial charge on any atom is -0.278 e. The summed E-state index contributed by atoms with van der Waals surface area (Å²) >= 11 is 0. The van der Waals surface area contributed by atoms with Crippen molar-refractivity contribution in [1.29, 1.82) is 0 Å². The van der Waals surface area contributed by atoms with E-state index in [0.29, 0.717) is 0 Å². The van der Waals surface area contributed by atoms with E-state index in [4.69, 9.17) is 10.7 Å². The van der Waals surface area contributed by atoms with Gasteiger partial charge in [-0.2, -0.15) is 13.5 Å². The SMILES string of the molecule is Cn1nccc1S(=O)(=O)Nc1ccc(S(=O)(=O)Cl)c(F)c1. The number of hydrogen-bond donors (Lipinski definition) is 1. The Kier molecular flexibility index (Phi) is 3.95. The molecule has 7 nitrogen and oxygen atoms in total. The molecule has 114 valence electrons. The van der Waals surface area contributed by atoms with Crippen LogP contribution in [0.1, 0.15) is 0 Å². The lowest BCUT2D eigenvalue weighted by molar-refractivity contribution is 0.576. The zero-order chi connectivity index (χ0) is 15.8. The molecule has 1 heterocycles. The van der Waals surface area contributed by atoms with E-state index in [1.54, 1.807) is 0 Å². The Labute approximate surface area is 124 Å². The van der Waals surface area contributed by atoms with Gasteiger partial charge in [0, 0.05) is 17.7 Å². The lowest BCUT2D eigenvalue weighted by Gasteiger charge is -2.09. The number of benzene rings is 1. The lowest BCUT2D eigenvalue weighted by Crippen LogP contribution is -2.16. The molecule has 11 heteroatoms. The minimum absolute atomic E-state index is 0.128. The maximum Gasteiger partial charge on any atom is 0.279 e. The zero-order valence-electron chi connectivity index (χ0n) is 10.5. The molecule has 0 aliphatic heterocycles. The minimum atomic E-state index is -4.24. The number of nitrogens with zero attached hydrogens (tertiary/aromatic N) is 2. The third-order valence-electron chi connectivity index (χ3n) is 2.50. The van der Waals surface area contributed by atoms with Gasteiger partial charge in [-0.25, -0.2) is 12.8 Å². The molecule has 0 spiro atoms. The third kappa shape index (κ3) is 3.34. The molecule has 0 radical (unpaired) electrons. The fourth-order valence-corrected chi connectivity index (χ4v) is 3.67. The predicted octanol–water partition coefficient (Wildman–Crippen LogP) is 1.29. The Balaban J connectivity index is 2.38. The van der Waals surface area contributed by atoms with Crippen LogP contribution >= 0.6 is 10.7 Å². The monoisotopic (exact) mass is 353 g/mol. The molecule has 0 aliphatic rings. The van der Waals surface area contributed by atoms with E-state index < -0.39 is 29.8 Å². The van der Waals surface area contributed by atoms with Gasteiger partial charge in [0.25, 0.3) is 19.1 Å². The molecule has 21 heavy (non-hydrogen) atoms. The van der Waals surface area contributed by atoms with Gasteiger partial charge in [-0.1, -0.05) is 0 Å². The van der Waals surface area contributed by atoms with Crippen LogP contribution in [0.15, 0.2) is 40.4 Å². The highest BCUT2D eigenvalue weighted by Crippen LogP contribution is 2.23. The van der Waals surface area contributed by atoms with Gasteiger partial charge in [0.05, 0.1) is 11.9 Å². The number of hydrogen-bond acceptors (Lipinski definition) is 5. The molecule has 0 fully saturated rings. The normalized spacial score (nSPS) is 12.3. The van der Waals surface area contributed by atoms with E-state index in [1.165, 1.54) is 19.3 Å². The van der Waals surface area contributed by atoms with Crippen molar-refractivity contribution in [1.82, 2.24) is 9.78 Å². The number of sulfonamides is 1. The highest BCUT2D eigenvalue weighted by atomic mass is 35.7. The van der Waals surface area contributed by atoms with Crippen LogP contribution in [0.4, 0.5) is 10.1 Å². The molecular formula is C10H9ClFN3O4S2. The average molecular weight is 354 g/mol. The summed E-state index contributed by atoms with van der Waals surface area (Å²) in [5.41, 5.74) is -0.141. The van der Waals surface area contributed by atoms with E-state index >= 15 is 0 Å². The number of nitrogens with one attached hydrogen (secondary N) is 1. The average Bonchev–Trinajstić information content (AvgIpc) is 2.74. The second-order valence-corrected chi connectivity index (χ2v) is 8.15. The maximum atomic E-state index is 13.6. The quantitative estimate of drug-likeness (QED) is 0.835. The van der Waals surface area contributed by atoms with Crippen molar-refractivity contribution in [3.63, 3.8) is 0 Å². The van der Waals surface area contributed by atoms with Crippen LogP contribution in [0.2, 0.25) is 0 Å². The number of anilines is 1.